The van der Waals surface area contributed by atoms with Crippen LogP contribution in [-0.2, 0) is 20.9 Å². The zero-order valence-corrected chi connectivity index (χ0v) is 20.3. The number of aromatic nitrogens is 1. The molecule has 194 valence electrons. The first kappa shape index (κ1) is 23.9. The predicted octanol–water partition coefficient (Wildman–Crippen LogP) is 2.52. The maximum atomic E-state index is 13.2. The van der Waals surface area contributed by atoms with Crippen molar-refractivity contribution in [1.82, 2.24) is 15.2 Å². The number of rotatable bonds is 7. The third-order valence-corrected chi connectivity index (χ3v) is 6.77. The first-order chi connectivity index (χ1) is 18.5. The summed E-state index contributed by atoms with van der Waals surface area (Å²) in [5.74, 6) is -0.482. The Morgan fingerprint density at radius 1 is 1.05 bits per heavy atom. The topological polar surface area (TPSA) is 140 Å². The van der Waals surface area contributed by atoms with Crippen LogP contribution < -0.4 is 15.4 Å². The number of carbonyl (C=O) groups is 4. The van der Waals surface area contributed by atoms with Crippen molar-refractivity contribution in [2.24, 2.45) is 0 Å². The van der Waals surface area contributed by atoms with Crippen LogP contribution in [0, 0.1) is 0 Å². The molecule has 2 fully saturated rings. The molecule has 11 heteroatoms. The van der Waals surface area contributed by atoms with E-state index in [1.54, 1.807) is 24.4 Å². The van der Waals surface area contributed by atoms with Gasteiger partial charge in [0.15, 0.2) is 0 Å². The van der Waals surface area contributed by atoms with Gasteiger partial charge in [-0.15, -0.1) is 0 Å². The molecule has 3 aliphatic rings. The van der Waals surface area contributed by atoms with Crippen molar-refractivity contribution in [3.63, 3.8) is 0 Å². The van der Waals surface area contributed by atoms with Crippen LogP contribution in [0.2, 0.25) is 0 Å². The summed E-state index contributed by atoms with van der Waals surface area (Å²) in [7, 11) is 0. The highest BCUT2D eigenvalue weighted by atomic mass is 16.5. The molecule has 0 spiro atoms. The minimum Gasteiger partial charge on any atom is -0.488 e. The summed E-state index contributed by atoms with van der Waals surface area (Å²) in [6.45, 7) is 1.52. The molecule has 2 aromatic carbocycles. The maximum Gasteiger partial charge on any atom is 0.264 e. The van der Waals surface area contributed by atoms with Crippen molar-refractivity contribution in [1.29, 1.82) is 0 Å². The molecule has 0 saturated carbocycles. The van der Waals surface area contributed by atoms with Gasteiger partial charge in [0.2, 0.25) is 17.7 Å². The van der Waals surface area contributed by atoms with E-state index in [2.05, 4.69) is 15.6 Å². The summed E-state index contributed by atoms with van der Waals surface area (Å²) in [4.78, 5) is 55.4. The molecule has 4 heterocycles. The number of piperidine rings is 1. The van der Waals surface area contributed by atoms with Gasteiger partial charge in [0.1, 0.15) is 23.7 Å². The van der Waals surface area contributed by atoms with Gasteiger partial charge >= 0.3 is 0 Å². The molecule has 2 saturated heterocycles. The highest BCUT2D eigenvalue weighted by Gasteiger charge is 2.45. The molecule has 6 rings (SSSR count). The number of oxazole rings is 1. The molecular weight excluding hydrogens is 492 g/mol. The first-order valence-electron chi connectivity index (χ1n) is 12.4. The van der Waals surface area contributed by atoms with Crippen LogP contribution in [0.15, 0.2) is 53.1 Å². The SMILES string of the molecule is O=C1CCC(N2C(=O)c3cccc(NCc4cnc(-c5ccc(O[C@H]6CCOC6)cc5)o4)c3C2=O)C(=O)N1. The van der Waals surface area contributed by atoms with E-state index in [1.807, 2.05) is 24.3 Å². The molecule has 1 aromatic heterocycles. The summed E-state index contributed by atoms with van der Waals surface area (Å²) < 4.78 is 17.1. The number of carbonyl (C=O) groups excluding carboxylic acids is 4. The van der Waals surface area contributed by atoms with Crippen LogP contribution in [0.3, 0.4) is 0 Å². The Morgan fingerprint density at radius 3 is 2.66 bits per heavy atom. The van der Waals surface area contributed by atoms with Crippen LogP contribution >= 0.6 is 0 Å². The van der Waals surface area contributed by atoms with Gasteiger partial charge in [-0.25, -0.2) is 4.98 Å². The number of imide groups is 2. The number of fused-ring (bicyclic) bond motifs is 1. The van der Waals surface area contributed by atoms with Crippen LogP contribution in [0.25, 0.3) is 11.5 Å². The lowest BCUT2D eigenvalue weighted by molar-refractivity contribution is -0.136. The number of nitrogens with one attached hydrogen (secondary N) is 2. The molecule has 3 aliphatic heterocycles. The fourth-order valence-electron chi connectivity index (χ4n) is 4.84. The molecule has 0 bridgehead atoms. The van der Waals surface area contributed by atoms with Gasteiger partial charge in [-0.2, -0.15) is 0 Å². The smallest absolute Gasteiger partial charge is 0.264 e. The molecule has 3 aromatic rings. The molecule has 11 nitrogen and oxygen atoms in total. The van der Waals surface area contributed by atoms with Crippen molar-refractivity contribution in [2.75, 3.05) is 18.5 Å². The Kier molecular flexibility index (Phi) is 6.12. The monoisotopic (exact) mass is 516 g/mol. The Morgan fingerprint density at radius 2 is 1.89 bits per heavy atom. The molecule has 4 amide bonds. The van der Waals surface area contributed by atoms with E-state index >= 15 is 0 Å². The second-order valence-corrected chi connectivity index (χ2v) is 9.29. The van der Waals surface area contributed by atoms with E-state index in [-0.39, 0.29) is 36.6 Å². The van der Waals surface area contributed by atoms with E-state index in [1.165, 1.54) is 0 Å². The minimum absolute atomic E-state index is 0.0635. The number of anilines is 1. The third kappa shape index (κ3) is 4.41. The van der Waals surface area contributed by atoms with Crippen molar-refractivity contribution >= 4 is 29.3 Å². The van der Waals surface area contributed by atoms with Gasteiger partial charge in [0.25, 0.3) is 11.8 Å². The number of benzene rings is 2. The number of hydrogen-bond donors (Lipinski definition) is 2. The normalized spacial score (nSPS) is 21.0. The van der Waals surface area contributed by atoms with E-state index in [9.17, 15) is 19.2 Å². The average Bonchev–Trinajstić information content (AvgIpc) is 3.66. The Balaban J connectivity index is 1.14. The van der Waals surface area contributed by atoms with Crippen molar-refractivity contribution in [3.05, 3.63) is 65.5 Å². The molecule has 0 aliphatic carbocycles. The fraction of sp³-hybridized carbons (Fsp3) is 0.296. The lowest BCUT2D eigenvalue weighted by Gasteiger charge is -2.27. The Bertz CT molecular complexity index is 1430. The van der Waals surface area contributed by atoms with Gasteiger partial charge < -0.3 is 19.2 Å². The third-order valence-electron chi connectivity index (χ3n) is 6.77. The average molecular weight is 517 g/mol. The zero-order chi connectivity index (χ0) is 26.2. The van der Waals surface area contributed by atoms with Crippen LogP contribution in [0.1, 0.15) is 45.7 Å². The number of amides is 4. The quantitative estimate of drug-likeness (QED) is 0.453. The van der Waals surface area contributed by atoms with Crippen LogP contribution in [0.5, 0.6) is 5.75 Å². The number of ether oxygens (including phenoxy) is 2. The van der Waals surface area contributed by atoms with Crippen LogP contribution in [0.4, 0.5) is 5.69 Å². The van der Waals surface area contributed by atoms with Gasteiger partial charge in [-0.1, -0.05) is 6.07 Å². The zero-order valence-electron chi connectivity index (χ0n) is 20.3. The van der Waals surface area contributed by atoms with Gasteiger partial charge in [-0.05, 0) is 42.8 Å². The van der Waals surface area contributed by atoms with E-state index < -0.39 is 29.7 Å². The van der Waals surface area contributed by atoms with Gasteiger partial charge in [-0.3, -0.25) is 29.4 Å². The molecule has 2 N–H and O–H groups in total. The number of nitrogens with zero attached hydrogens (tertiary/aromatic N) is 2. The molecule has 0 radical (unpaired) electrons. The van der Waals surface area contributed by atoms with Crippen molar-refractivity contribution < 1.29 is 33.1 Å². The number of hydrogen-bond acceptors (Lipinski definition) is 9. The van der Waals surface area contributed by atoms with E-state index in [4.69, 9.17) is 13.9 Å². The highest BCUT2D eigenvalue weighted by Crippen LogP contribution is 2.33. The fourth-order valence-corrected chi connectivity index (χ4v) is 4.84. The summed E-state index contributed by atoms with van der Waals surface area (Å²) >= 11 is 0. The molecule has 2 atom stereocenters. The predicted molar refractivity (Wildman–Crippen MR) is 132 cm³/mol. The van der Waals surface area contributed by atoms with E-state index in [0.717, 1.165) is 22.6 Å². The second kappa shape index (κ2) is 9.75. The maximum absolute atomic E-state index is 13.2. The Hall–Kier alpha value is -4.51. The molecule has 38 heavy (non-hydrogen) atoms. The largest absolute Gasteiger partial charge is 0.488 e. The molecule has 1 unspecified atom stereocenters. The highest BCUT2D eigenvalue weighted by molar-refractivity contribution is 6.25. The van der Waals surface area contributed by atoms with Crippen molar-refractivity contribution in [2.45, 2.75) is 38.0 Å². The molecular formula is C27H24N4O7. The standard InChI is InChI=1S/C27H24N4O7/c32-22-9-8-21(24(33)30-22)31-26(34)19-2-1-3-20(23(19)27(31)35)28-12-18-13-29-25(38-18)15-4-6-16(7-5-15)37-17-10-11-36-14-17/h1-7,13,17,21,28H,8-12,14H2,(H,30,32,33)/t17-,21?/m0/s1. The van der Waals surface area contributed by atoms with E-state index in [0.29, 0.717) is 30.6 Å². The summed E-state index contributed by atoms with van der Waals surface area (Å²) in [6, 6.07) is 11.3. The minimum atomic E-state index is -1.02. The van der Waals surface area contributed by atoms with Crippen molar-refractivity contribution in [3.8, 4) is 17.2 Å². The first-order valence-corrected chi connectivity index (χ1v) is 12.4. The van der Waals surface area contributed by atoms with Gasteiger partial charge in [0.05, 0.1) is 37.1 Å². The van der Waals surface area contributed by atoms with Crippen LogP contribution in [-0.4, -0.2) is 58.9 Å². The lowest BCUT2D eigenvalue weighted by Crippen LogP contribution is -2.54. The second-order valence-electron chi connectivity index (χ2n) is 9.29. The Labute approximate surface area is 217 Å². The summed E-state index contributed by atoms with van der Waals surface area (Å²) in [5.41, 5.74) is 1.61. The lowest BCUT2D eigenvalue weighted by atomic mass is 10.0. The van der Waals surface area contributed by atoms with Gasteiger partial charge in [0, 0.05) is 24.1 Å². The summed E-state index contributed by atoms with van der Waals surface area (Å²) in [6.07, 6.45) is 2.69. The summed E-state index contributed by atoms with van der Waals surface area (Å²) in [5, 5.41) is 5.35.